The van der Waals surface area contributed by atoms with Crippen LogP contribution in [0.4, 0.5) is 11.5 Å². The molecule has 5 nitrogen and oxygen atoms in total. The van der Waals surface area contributed by atoms with E-state index in [1.54, 1.807) is 0 Å². The number of anilines is 1. The smallest absolute Gasteiger partial charge is 0.288 e. The number of hydrogen-bond acceptors (Lipinski definition) is 4. The highest BCUT2D eigenvalue weighted by Gasteiger charge is 2.18. The lowest BCUT2D eigenvalue weighted by Gasteiger charge is -2.26. The van der Waals surface area contributed by atoms with Crippen molar-refractivity contribution in [3.8, 4) is 0 Å². The maximum atomic E-state index is 10.6. The molecule has 1 N–H and O–H groups in total. The Morgan fingerprint density at radius 2 is 2.35 bits per heavy atom. The summed E-state index contributed by atoms with van der Waals surface area (Å²) in [6.07, 6.45) is 7.76. The molecule has 0 amide bonds. The second-order valence-corrected chi connectivity index (χ2v) is 6.49. The molecular weight excluding hydrogens is 322 g/mol. The van der Waals surface area contributed by atoms with Gasteiger partial charge in [-0.05, 0) is 40.6 Å². The normalized spacial score (nSPS) is 22.5. The molecule has 2 atom stereocenters. The van der Waals surface area contributed by atoms with Crippen molar-refractivity contribution < 1.29 is 4.92 Å². The van der Waals surface area contributed by atoms with E-state index in [4.69, 9.17) is 0 Å². The van der Waals surface area contributed by atoms with E-state index in [0.717, 1.165) is 24.8 Å². The highest BCUT2D eigenvalue weighted by molar-refractivity contribution is 9.10. The molecule has 6 heteroatoms. The third-order valence-electron chi connectivity index (χ3n) is 3.93. The quantitative estimate of drug-likeness (QED) is 0.637. The van der Waals surface area contributed by atoms with Gasteiger partial charge in [-0.1, -0.05) is 26.2 Å². The van der Waals surface area contributed by atoms with E-state index < -0.39 is 4.92 Å². The zero-order chi connectivity index (χ0) is 14.5. The maximum Gasteiger partial charge on any atom is 0.288 e. The molecule has 0 aromatic carbocycles. The highest BCUT2D eigenvalue weighted by atomic mass is 79.9. The molecule has 1 fully saturated rings. The van der Waals surface area contributed by atoms with E-state index >= 15 is 0 Å². The molecule has 2 unspecified atom stereocenters. The summed E-state index contributed by atoms with van der Waals surface area (Å²) in [6, 6.07) is 1.48. The van der Waals surface area contributed by atoms with Crippen LogP contribution in [-0.2, 0) is 0 Å². The maximum absolute atomic E-state index is 10.6. The standard InChI is InChI=1S/C14H20BrN3O2/c1-10-3-2-4-11(7-10)5-6-16-14-13(15)8-12(9-17-14)18(19)20/h8-11H,2-7H2,1H3,(H,16,17). The summed E-state index contributed by atoms with van der Waals surface area (Å²) < 4.78 is 0.642. The van der Waals surface area contributed by atoms with Gasteiger partial charge in [0.1, 0.15) is 12.0 Å². The number of aromatic nitrogens is 1. The molecule has 0 saturated heterocycles. The van der Waals surface area contributed by atoms with Crippen molar-refractivity contribution >= 4 is 27.4 Å². The molecule has 1 saturated carbocycles. The van der Waals surface area contributed by atoms with Crippen LogP contribution in [0.5, 0.6) is 0 Å². The van der Waals surface area contributed by atoms with Crippen LogP contribution < -0.4 is 5.32 Å². The summed E-state index contributed by atoms with van der Waals surface area (Å²) in [5.41, 5.74) is 0.00327. The van der Waals surface area contributed by atoms with Gasteiger partial charge < -0.3 is 5.32 Å². The molecule has 0 radical (unpaired) electrons. The number of rotatable bonds is 5. The lowest BCUT2D eigenvalue weighted by atomic mass is 9.81. The van der Waals surface area contributed by atoms with Gasteiger partial charge in [-0.15, -0.1) is 0 Å². The Kier molecular flexibility index (Phi) is 5.34. The predicted molar refractivity (Wildman–Crippen MR) is 82.8 cm³/mol. The van der Waals surface area contributed by atoms with Gasteiger partial charge in [0.15, 0.2) is 0 Å². The van der Waals surface area contributed by atoms with Crippen molar-refractivity contribution in [3.05, 3.63) is 26.9 Å². The van der Waals surface area contributed by atoms with Gasteiger partial charge in [0.25, 0.3) is 5.69 Å². The minimum absolute atomic E-state index is 0.00327. The summed E-state index contributed by atoms with van der Waals surface area (Å²) in [7, 11) is 0. The summed E-state index contributed by atoms with van der Waals surface area (Å²) in [5, 5.41) is 13.9. The molecule has 0 spiro atoms. The first kappa shape index (κ1) is 15.2. The fraction of sp³-hybridized carbons (Fsp3) is 0.643. The molecule has 1 aliphatic rings. The fourth-order valence-electron chi connectivity index (χ4n) is 2.87. The van der Waals surface area contributed by atoms with Crippen LogP contribution in [-0.4, -0.2) is 16.5 Å². The van der Waals surface area contributed by atoms with Crippen LogP contribution >= 0.6 is 15.9 Å². The van der Waals surface area contributed by atoms with Crippen molar-refractivity contribution in [1.29, 1.82) is 0 Å². The Morgan fingerprint density at radius 1 is 1.55 bits per heavy atom. The second-order valence-electron chi connectivity index (χ2n) is 5.63. The average molecular weight is 342 g/mol. The third kappa shape index (κ3) is 4.16. The first-order valence-corrected chi connectivity index (χ1v) is 7.89. The molecule has 1 heterocycles. The summed E-state index contributed by atoms with van der Waals surface area (Å²) in [5.74, 6) is 2.32. The topological polar surface area (TPSA) is 68.1 Å². The van der Waals surface area contributed by atoms with E-state index in [9.17, 15) is 10.1 Å². The molecular formula is C14H20BrN3O2. The van der Waals surface area contributed by atoms with E-state index in [0.29, 0.717) is 10.3 Å². The Bertz CT molecular complexity index is 481. The van der Waals surface area contributed by atoms with Gasteiger partial charge in [-0.25, -0.2) is 4.98 Å². The Balaban J connectivity index is 1.83. The first-order valence-electron chi connectivity index (χ1n) is 7.10. The molecule has 0 bridgehead atoms. The molecule has 1 aromatic rings. The molecule has 110 valence electrons. The molecule has 2 rings (SSSR count). The van der Waals surface area contributed by atoms with Gasteiger partial charge in [-0.2, -0.15) is 0 Å². The number of halogens is 1. The molecule has 0 aliphatic heterocycles. The van der Waals surface area contributed by atoms with Crippen molar-refractivity contribution in [1.82, 2.24) is 4.98 Å². The monoisotopic (exact) mass is 341 g/mol. The second kappa shape index (κ2) is 7.02. The molecule has 20 heavy (non-hydrogen) atoms. The Labute approximate surface area is 127 Å². The molecule has 1 aliphatic carbocycles. The van der Waals surface area contributed by atoms with E-state index in [1.807, 2.05) is 0 Å². The van der Waals surface area contributed by atoms with Crippen LogP contribution in [0.2, 0.25) is 0 Å². The van der Waals surface area contributed by atoms with Crippen LogP contribution in [0.3, 0.4) is 0 Å². The number of nitrogens with one attached hydrogen (secondary N) is 1. The van der Waals surface area contributed by atoms with Crippen molar-refractivity contribution in [2.75, 3.05) is 11.9 Å². The van der Waals surface area contributed by atoms with Crippen molar-refractivity contribution in [2.24, 2.45) is 11.8 Å². The number of pyridine rings is 1. The zero-order valence-electron chi connectivity index (χ0n) is 11.6. The minimum atomic E-state index is -0.440. The fourth-order valence-corrected chi connectivity index (χ4v) is 3.35. The predicted octanol–water partition coefficient (Wildman–Crippen LogP) is 4.38. The number of hydrogen-bond donors (Lipinski definition) is 1. The SMILES string of the molecule is CC1CCCC(CCNc2ncc([N+](=O)[O-])cc2Br)C1. The van der Waals surface area contributed by atoms with Crippen LogP contribution in [0.15, 0.2) is 16.7 Å². The molecule has 1 aromatic heterocycles. The Morgan fingerprint density at radius 3 is 3.00 bits per heavy atom. The zero-order valence-corrected chi connectivity index (χ0v) is 13.2. The number of nitrogens with zero attached hydrogens (tertiary/aromatic N) is 2. The first-order chi connectivity index (χ1) is 9.56. The van der Waals surface area contributed by atoms with Crippen LogP contribution in [0, 0.1) is 22.0 Å². The van der Waals surface area contributed by atoms with Gasteiger partial charge >= 0.3 is 0 Å². The summed E-state index contributed by atoms with van der Waals surface area (Å²) in [4.78, 5) is 14.3. The average Bonchev–Trinajstić information content (AvgIpc) is 2.40. The largest absolute Gasteiger partial charge is 0.369 e. The van der Waals surface area contributed by atoms with Gasteiger partial charge in [0.05, 0.1) is 9.40 Å². The van der Waals surface area contributed by atoms with Crippen LogP contribution in [0.25, 0.3) is 0 Å². The van der Waals surface area contributed by atoms with E-state index in [1.165, 1.54) is 37.9 Å². The van der Waals surface area contributed by atoms with Gasteiger partial charge in [0, 0.05) is 12.6 Å². The van der Waals surface area contributed by atoms with Crippen LogP contribution in [0.1, 0.15) is 39.0 Å². The number of nitro groups is 1. The van der Waals surface area contributed by atoms with Crippen molar-refractivity contribution in [3.63, 3.8) is 0 Å². The van der Waals surface area contributed by atoms with Gasteiger partial charge in [-0.3, -0.25) is 10.1 Å². The van der Waals surface area contributed by atoms with E-state index in [2.05, 4.69) is 33.2 Å². The summed E-state index contributed by atoms with van der Waals surface area (Å²) >= 11 is 3.32. The summed E-state index contributed by atoms with van der Waals surface area (Å²) in [6.45, 7) is 3.19. The van der Waals surface area contributed by atoms with Crippen molar-refractivity contribution in [2.45, 2.75) is 39.0 Å². The highest BCUT2D eigenvalue weighted by Crippen LogP contribution is 2.31. The third-order valence-corrected chi connectivity index (χ3v) is 4.53. The Hall–Kier alpha value is -1.17. The minimum Gasteiger partial charge on any atom is -0.369 e. The van der Waals surface area contributed by atoms with E-state index in [-0.39, 0.29) is 5.69 Å². The lowest BCUT2D eigenvalue weighted by Crippen LogP contribution is -2.17. The lowest BCUT2D eigenvalue weighted by molar-refractivity contribution is -0.385. The van der Waals surface area contributed by atoms with Gasteiger partial charge in [0.2, 0.25) is 0 Å².